The smallest absolute Gasteiger partial charge is 0.202 e. The molecule has 3 N–H and O–H groups in total. The molecule has 4 aromatic rings. The van der Waals surface area contributed by atoms with Crippen LogP contribution in [-0.2, 0) is 0 Å². The van der Waals surface area contributed by atoms with Crippen molar-refractivity contribution in [2.45, 2.75) is 12.5 Å². The van der Waals surface area contributed by atoms with Gasteiger partial charge in [-0.05, 0) is 41.6 Å². The molecule has 0 radical (unpaired) electrons. The zero-order valence-electron chi connectivity index (χ0n) is 17.0. The number of nitrogens with one attached hydrogen (secondary N) is 1. The predicted molar refractivity (Wildman–Crippen MR) is 111 cm³/mol. The van der Waals surface area contributed by atoms with E-state index in [1.54, 1.807) is 18.5 Å². The lowest BCUT2D eigenvalue weighted by atomic mass is 10.1. The molecular formula is C20H19F2N9O. The first-order valence-electron chi connectivity index (χ1n) is 9.88. The minimum absolute atomic E-state index is 0.118. The van der Waals surface area contributed by atoms with Gasteiger partial charge in [0.2, 0.25) is 5.82 Å². The molecule has 1 atom stereocenters. The van der Waals surface area contributed by atoms with Crippen molar-refractivity contribution in [3.63, 3.8) is 0 Å². The number of hydrogen-bond acceptors (Lipinski definition) is 8. The van der Waals surface area contributed by atoms with E-state index in [1.165, 1.54) is 19.2 Å². The van der Waals surface area contributed by atoms with Gasteiger partial charge in [0.15, 0.2) is 17.4 Å². The molecule has 0 spiro atoms. The number of nitrogens with zero attached hydrogens (tertiary/aromatic N) is 7. The molecule has 12 heteroatoms. The van der Waals surface area contributed by atoms with Crippen molar-refractivity contribution in [1.29, 1.82) is 0 Å². The predicted octanol–water partition coefficient (Wildman–Crippen LogP) is 1.99. The number of hydrogen-bond donors (Lipinski definition) is 2. The summed E-state index contributed by atoms with van der Waals surface area (Å²) < 4.78 is 36.7. The minimum Gasteiger partial charge on any atom is -0.494 e. The quantitative estimate of drug-likeness (QED) is 0.484. The lowest BCUT2D eigenvalue weighted by molar-refractivity contribution is 0.371. The molecule has 164 valence electrons. The highest BCUT2D eigenvalue weighted by Crippen LogP contribution is 2.31. The summed E-state index contributed by atoms with van der Waals surface area (Å²) in [6, 6.07) is 4.66. The van der Waals surface area contributed by atoms with Crippen LogP contribution in [0, 0.1) is 11.6 Å². The Morgan fingerprint density at radius 3 is 2.84 bits per heavy atom. The fourth-order valence-corrected chi connectivity index (χ4v) is 3.72. The van der Waals surface area contributed by atoms with Gasteiger partial charge in [-0.3, -0.25) is 4.68 Å². The third-order valence-corrected chi connectivity index (χ3v) is 5.45. The first kappa shape index (κ1) is 20.0. The second kappa shape index (κ2) is 7.96. The largest absolute Gasteiger partial charge is 0.494 e. The van der Waals surface area contributed by atoms with Crippen molar-refractivity contribution in [2.24, 2.45) is 0 Å². The van der Waals surface area contributed by atoms with Crippen LogP contribution in [0.5, 0.6) is 5.75 Å². The Bertz CT molecular complexity index is 1280. The van der Waals surface area contributed by atoms with Gasteiger partial charge in [-0.2, -0.15) is 14.2 Å². The van der Waals surface area contributed by atoms with Crippen LogP contribution in [-0.4, -0.2) is 55.2 Å². The van der Waals surface area contributed by atoms with E-state index in [0.29, 0.717) is 11.6 Å². The first-order chi connectivity index (χ1) is 15.6. The number of tetrazole rings is 1. The molecule has 0 saturated carbocycles. The van der Waals surface area contributed by atoms with Crippen LogP contribution in [0.2, 0.25) is 0 Å². The van der Waals surface area contributed by atoms with E-state index in [-0.39, 0.29) is 23.1 Å². The summed E-state index contributed by atoms with van der Waals surface area (Å²) in [5.41, 5.74) is 7.85. The van der Waals surface area contributed by atoms with Gasteiger partial charge < -0.3 is 15.8 Å². The fraction of sp³-hybridized carbons (Fsp3) is 0.250. The summed E-state index contributed by atoms with van der Waals surface area (Å²) in [7, 11) is 1.25. The monoisotopic (exact) mass is 439 g/mol. The van der Waals surface area contributed by atoms with E-state index in [1.807, 2.05) is 10.9 Å². The molecule has 1 saturated heterocycles. The highest BCUT2D eigenvalue weighted by Gasteiger charge is 2.22. The minimum atomic E-state index is -1.15. The van der Waals surface area contributed by atoms with Crippen LogP contribution in [0.4, 0.5) is 14.6 Å². The van der Waals surface area contributed by atoms with Gasteiger partial charge in [0, 0.05) is 30.1 Å². The van der Waals surface area contributed by atoms with Crippen LogP contribution >= 0.6 is 0 Å². The van der Waals surface area contributed by atoms with Crippen LogP contribution < -0.4 is 15.8 Å². The maximum atomic E-state index is 14.7. The molecule has 32 heavy (non-hydrogen) atoms. The van der Waals surface area contributed by atoms with E-state index < -0.39 is 11.6 Å². The molecule has 3 aromatic heterocycles. The van der Waals surface area contributed by atoms with Crippen molar-refractivity contribution in [3.05, 3.63) is 48.4 Å². The fourth-order valence-electron chi connectivity index (χ4n) is 3.72. The molecule has 0 amide bonds. The van der Waals surface area contributed by atoms with Crippen molar-refractivity contribution in [3.8, 4) is 34.0 Å². The van der Waals surface area contributed by atoms with Crippen LogP contribution in [0.1, 0.15) is 12.5 Å². The summed E-state index contributed by atoms with van der Waals surface area (Å²) in [6.07, 6.45) is 6.31. The number of halogens is 2. The van der Waals surface area contributed by atoms with Crippen molar-refractivity contribution < 1.29 is 13.5 Å². The molecule has 1 aliphatic rings. The summed E-state index contributed by atoms with van der Waals surface area (Å²) in [6.45, 7) is 1.82. The van der Waals surface area contributed by atoms with Gasteiger partial charge in [0.1, 0.15) is 11.5 Å². The van der Waals surface area contributed by atoms with Crippen LogP contribution in [0.25, 0.3) is 28.2 Å². The van der Waals surface area contributed by atoms with E-state index in [4.69, 9.17) is 10.5 Å². The second-order valence-electron chi connectivity index (χ2n) is 7.34. The van der Waals surface area contributed by atoms with Gasteiger partial charge in [0.25, 0.3) is 0 Å². The highest BCUT2D eigenvalue weighted by atomic mass is 19.2. The average Bonchev–Trinajstić information content (AvgIpc) is 3.57. The van der Waals surface area contributed by atoms with Crippen molar-refractivity contribution in [1.82, 2.24) is 40.3 Å². The third kappa shape index (κ3) is 3.34. The standard InChI is InChI=1S/C20H19F2N9O/c1-32-16-3-2-15(17(21)18(16)22)31-20(27-28-29-31)14-6-11(7-25-19(14)23)12-8-26-30(10-12)13-4-5-24-9-13/h2-3,6-8,10,13,24H,4-5,9H2,1H3,(H2,23,25)/t13-/m0/s1. The number of methoxy groups -OCH3 is 1. The number of benzene rings is 1. The zero-order valence-corrected chi connectivity index (χ0v) is 17.0. The molecular weight excluding hydrogens is 420 g/mol. The Kier molecular flexibility index (Phi) is 4.98. The maximum absolute atomic E-state index is 14.7. The molecule has 10 nitrogen and oxygen atoms in total. The number of nitrogens with two attached hydrogens (primary N) is 1. The maximum Gasteiger partial charge on any atom is 0.202 e. The molecule has 1 aliphatic heterocycles. The Morgan fingerprint density at radius 1 is 1.19 bits per heavy atom. The van der Waals surface area contributed by atoms with Gasteiger partial charge in [-0.25, -0.2) is 9.37 Å². The van der Waals surface area contributed by atoms with Crippen LogP contribution in [0.3, 0.4) is 0 Å². The lowest BCUT2D eigenvalue weighted by Crippen LogP contribution is -2.13. The number of nitrogen functional groups attached to an aromatic ring is 1. The molecule has 0 bridgehead atoms. The molecule has 1 aromatic carbocycles. The zero-order chi connectivity index (χ0) is 22.2. The van der Waals surface area contributed by atoms with Gasteiger partial charge >= 0.3 is 0 Å². The van der Waals surface area contributed by atoms with E-state index in [9.17, 15) is 8.78 Å². The number of pyridine rings is 1. The van der Waals surface area contributed by atoms with E-state index in [2.05, 4.69) is 30.9 Å². The van der Waals surface area contributed by atoms with Gasteiger partial charge in [-0.15, -0.1) is 5.10 Å². The number of ether oxygens (including phenoxy) is 1. The Hall–Kier alpha value is -3.93. The highest BCUT2D eigenvalue weighted by molar-refractivity contribution is 5.76. The average molecular weight is 439 g/mol. The Balaban J connectivity index is 1.55. The first-order valence-corrected chi connectivity index (χ1v) is 9.88. The summed E-state index contributed by atoms with van der Waals surface area (Å²) >= 11 is 0. The van der Waals surface area contributed by atoms with E-state index >= 15 is 0 Å². The Labute approximate surface area is 181 Å². The normalized spacial score (nSPS) is 15.9. The topological polar surface area (TPSA) is 122 Å². The van der Waals surface area contributed by atoms with E-state index in [0.717, 1.165) is 35.3 Å². The summed E-state index contributed by atoms with van der Waals surface area (Å²) in [4.78, 5) is 4.25. The van der Waals surface area contributed by atoms with Gasteiger partial charge in [0.05, 0.1) is 24.9 Å². The summed E-state index contributed by atoms with van der Waals surface area (Å²) in [5.74, 6) is -2.25. The SMILES string of the molecule is COc1ccc(-n2nnnc2-c2cc(-c3cnn([C@H]4CCNC4)c3)cnc2N)c(F)c1F. The number of anilines is 1. The third-order valence-electron chi connectivity index (χ3n) is 5.45. The second-order valence-corrected chi connectivity index (χ2v) is 7.34. The summed E-state index contributed by atoms with van der Waals surface area (Å²) in [5, 5.41) is 19.2. The number of rotatable bonds is 5. The Morgan fingerprint density at radius 2 is 2.06 bits per heavy atom. The molecule has 5 rings (SSSR count). The van der Waals surface area contributed by atoms with Crippen LogP contribution in [0.15, 0.2) is 36.8 Å². The molecule has 0 aliphatic carbocycles. The lowest BCUT2D eigenvalue weighted by Gasteiger charge is -2.10. The molecule has 4 heterocycles. The van der Waals surface area contributed by atoms with Crippen molar-refractivity contribution >= 4 is 5.82 Å². The molecule has 1 fully saturated rings. The van der Waals surface area contributed by atoms with Gasteiger partial charge in [-0.1, -0.05) is 0 Å². The van der Waals surface area contributed by atoms with Crippen molar-refractivity contribution in [2.75, 3.05) is 25.9 Å². The molecule has 0 unspecified atom stereocenters. The number of aromatic nitrogens is 7.